The molecule has 4 aliphatic carbocycles. The maximum absolute atomic E-state index is 12.9. The molecule has 4 aliphatic rings. The van der Waals surface area contributed by atoms with Crippen LogP contribution in [0.3, 0.4) is 0 Å². The van der Waals surface area contributed by atoms with Crippen LogP contribution >= 0.6 is 23.2 Å². The predicted molar refractivity (Wildman–Crippen MR) is 73.0 cm³/mol. The summed E-state index contributed by atoms with van der Waals surface area (Å²) in [5.41, 5.74) is 0. The van der Waals surface area contributed by atoms with Crippen LogP contribution < -0.4 is 0 Å². The first-order valence-electron chi connectivity index (χ1n) is 6.75. The van der Waals surface area contributed by atoms with Crippen LogP contribution in [0.1, 0.15) is 0 Å². The van der Waals surface area contributed by atoms with Crippen molar-refractivity contribution < 1.29 is 23.8 Å². The molecule has 0 amide bonds. The van der Waals surface area contributed by atoms with Crippen molar-refractivity contribution in [1.82, 2.24) is 0 Å². The fourth-order valence-electron chi connectivity index (χ4n) is 5.36. The summed E-state index contributed by atoms with van der Waals surface area (Å²) in [7, 11) is 2.88. The van der Waals surface area contributed by atoms with E-state index in [0.29, 0.717) is 6.47 Å². The second kappa shape index (κ2) is 3.82. The van der Waals surface area contributed by atoms with Crippen LogP contribution in [0.4, 0.5) is 0 Å². The third-order valence-corrected chi connectivity index (χ3v) is 7.28. The van der Waals surface area contributed by atoms with Crippen molar-refractivity contribution in [3.63, 3.8) is 0 Å². The average molecular weight is 333 g/mol. The van der Waals surface area contributed by atoms with Crippen LogP contribution in [0.25, 0.3) is 0 Å². The van der Waals surface area contributed by atoms with Crippen molar-refractivity contribution in [2.75, 3.05) is 14.2 Å². The molecular weight excluding hydrogens is 319 g/mol. The Morgan fingerprint density at radius 1 is 1.24 bits per heavy atom. The first kappa shape index (κ1) is 14.0. The normalized spacial score (nSPS) is 54.5. The maximum atomic E-state index is 12.9. The minimum Gasteiger partial charge on any atom is -0.464 e. The number of allylic oxidation sites excluding steroid dienone is 1. The van der Waals surface area contributed by atoms with Crippen molar-refractivity contribution >= 4 is 35.5 Å². The number of rotatable bonds is 4. The maximum Gasteiger partial charge on any atom is 0.293 e. The van der Waals surface area contributed by atoms with E-state index in [-0.39, 0.29) is 23.5 Å². The Bertz CT molecular complexity index is 574. The van der Waals surface area contributed by atoms with Crippen molar-refractivity contribution in [3.8, 4) is 0 Å². The van der Waals surface area contributed by atoms with Gasteiger partial charge in [0.05, 0.1) is 5.92 Å². The van der Waals surface area contributed by atoms with Gasteiger partial charge in [-0.2, -0.15) is 0 Å². The highest BCUT2D eigenvalue weighted by atomic mass is 35.5. The number of Topliss-reactive ketones (excluding diaryl/α,β-unsaturated/α-hetero) is 1. The summed E-state index contributed by atoms with van der Waals surface area (Å²) in [6.45, 7) is 0.402. The minimum atomic E-state index is -1.43. The minimum absolute atomic E-state index is 0.184. The number of hydrogen-bond donors (Lipinski definition) is 0. The fourth-order valence-corrected chi connectivity index (χ4v) is 6.86. The molecule has 0 radical (unpaired) electrons. The molecule has 7 heteroatoms. The number of halogens is 2. The van der Waals surface area contributed by atoms with Gasteiger partial charge in [-0.3, -0.25) is 9.59 Å². The number of alkyl halides is 2. The number of ether oxygens (including phenoxy) is 3. The van der Waals surface area contributed by atoms with Gasteiger partial charge < -0.3 is 14.2 Å². The Balaban J connectivity index is 2.01. The number of ketones is 1. The summed E-state index contributed by atoms with van der Waals surface area (Å²) >= 11 is 13.7. The molecule has 4 rings (SSSR count). The van der Waals surface area contributed by atoms with E-state index in [2.05, 4.69) is 0 Å². The van der Waals surface area contributed by atoms with Gasteiger partial charge in [-0.25, -0.2) is 0 Å². The fraction of sp³-hybridized carbons (Fsp3) is 0.714. The molecule has 21 heavy (non-hydrogen) atoms. The van der Waals surface area contributed by atoms with E-state index in [9.17, 15) is 9.59 Å². The molecule has 3 saturated carbocycles. The van der Waals surface area contributed by atoms with Crippen molar-refractivity contribution in [2.24, 2.45) is 23.7 Å². The van der Waals surface area contributed by atoms with Gasteiger partial charge in [0.2, 0.25) is 5.79 Å². The zero-order valence-electron chi connectivity index (χ0n) is 11.4. The molecule has 4 bridgehead atoms. The lowest BCUT2D eigenvalue weighted by Gasteiger charge is -2.39. The highest BCUT2D eigenvalue weighted by Crippen LogP contribution is 2.78. The Morgan fingerprint density at radius 3 is 2.48 bits per heavy atom. The average Bonchev–Trinajstić information content (AvgIpc) is 2.72. The quantitative estimate of drug-likeness (QED) is 0.334. The zero-order chi connectivity index (χ0) is 15.2. The van der Waals surface area contributed by atoms with E-state index in [1.54, 1.807) is 0 Å². The molecule has 0 aliphatic heterocycles. The Morgan fingerprint density at radius 2 is 1.90 bits per heavy atom. The number of carbonyl (C=O) groups excluding carboxylic acids is 2. The van der Waals surface area contributed by atoms with Crippen LogP contribution in [-0.4, -0.2) is 48.1 Å². The Labute approximate surface area is 131 Å². The molecule has 114 valence electrons. The molecule has 3 fully saturated rings. The third kappa shape index (κ3) is 1.03. The monoisotopic (exact) mass is 332 g/mol. The molecule has 0 heterocycles. The van der Waals surface area contributed by atoms with E-state index in [0.717, 1.165) is 0 Å². The second-order valence-corrected chi connectivity index (χ2v) is 7.28. The van der Waals surface area contributed by atoms with Crippen molar-refractivity contribution in [1.29, 1.82) is 0 Å². The first-order chi connectivity index (χ1) is 9.95. The molecule has 0 aromatic rings. The lowest BCUT2D eigenvalue weighted by atomic mass is 9.78. The summed E-state index contributed by atoms with van der Waals surface area (Å²) in [6, 6.07) is 0. The molecule has 0 N–H and O–H groups in total. The predicted octanol–water partition coefficient (Wildman–Crippen LogP) is 1.12. The van der Waals surface area contributed by atoms with Crippen molar-refractivity contribution in [3.05, 3.63) is 12.2 Å². The summed E-state index contributed by atoms with van der Waals surface area (Å²) in [4.78, 5) is 21.3. The van der Waals surface area contributed by atoms with Gasteiger partial charge in [-0.1, -0.05) is 12.2 Å². The van der Waals surface area contributed by atoms with E-state index in [1.165, 1.54) is 14.2 Å². The van der Waals surface area contributed by atoms with Gasteiger partial charge in [-0.05, 0) is 0 Å². The lowest BCUT2D eigenvalue weighted by Crippen LogP contribution is -2.57. The molecule has 5 nitrogen and oxygen atoms in total. The summed E-state index contributed by atoms with van der Waals surface area (Å²) in [5, 5.41) is 0. The molecule has 0 aromatic carbocycles. The highest BCUT2D eigenvalue weighted by molar-refractivity contribution is 6.43. The van der Waals surface area contributed by atoms with Gasteiger partial charge in [0.25, 0.3) is 6.47 Å². The van der Waals surface area contributed by atoms with Crippen LogP contribution in [0, 0.1) is 23.7 Å². The van der Waals surface area contributed by atoms with Crippen LogP contribution in [0.15, 0.2) is 12.2 Å². The summed E-state index contributed by atoms with van der Waals surface area (Å²) in [6.07, 6.45) is 3.31. The van der Waals surface area contributed by atoms with Gasteiger partial charge in [0, 0.05) is 32.0 Å². The summed E-state index contributed by atoms with van der Waals surface area (Å²) < 4.78 is 16.4. The molecule has 0 aromatic heterocycles. The second-order valence-electron chi connectivity index (χ2n) is 6.06. The molecule has 3 unspecified atom stereocenters. The molecule has 0 saturated heterocycles. The van der Waals surface area contributed by atoms with Gasteiger partial charge in [0.15, 0.2) is 10.7 Å². The molecule has 0 spiro atoms. The number of carbonyl (C=O) groups is 2. The van der Waals surface area contributed by atoms with E-state index in [1.807, 2.05) is 12.2 Å². The zero-order valence-corrected chi connectivity index (χ0v) is 12.9. The van der Waals surface area contributed by atoms with Gasteiger partial charge in [-0.15, -0.1) is 23.2 Å². The van der Waals surface area contributed by atoms with E-state index < -0.39 is 27.6 Å². The van der Waals surface area contributed by atoms with Crippen LogP contribution in [0.5, 0.6) is 0 Å². The number of methoxy groups -OCH3 is 2. The Kier molecular flexibility index (Phi) is 2.55. The largest absolute Gasteiger partial charge is 0.464 e. The summed E-state index contributed by atoms with van der Waals surface area (Å²) in [5.74, 6) is -3.17. The van der Waals surface area contributed by atoms with Gasteiger partial charge >= 0.3 is 0 Å². The van der Waals surface area contributed by atoms with Gasteiger partial charge in [0.1, 0.15) is 11.0 Å². The topological polar surface area (TPSA) is 61.8 Å². The molecule has 7 atom stereocenters. The number of fused-ring (bicyclic) bond motifs is 4. The van der Waals surface area contributed by atoms with Crippen LogP contribution in [-0.2, 0) is 23.8 Å². The molecular formula is C14H14Cl2O5. The first-order valence-corrected chi connectivity index (χ1v) is 7.51. The SMILES string of the molecule is COC1(OC)C2(Cl)C(=O)[C@@H]3[C@@H]4C=CC2[C@H](C4OC=O)[C@@]31Cl. The standard InChI is InChI=1S/C14H14Cl2O5/c1-19-14(20-2)12(15)7-4-3-6-8(11(12)18)13(14,16)9(7)10(6)21-5-17/h3-10H,1-2H3/t6-,7?,8-,9+,10?,12?,13-/m0/s1. The Hall–Kier alpha value is -0.620. The van der Waals surface area contributed by atoms with Crippen molar-refractivity contribution in [2.45, 2.75) is 21.6 Å². The van der Waals surface area contributed by atoms with E-state index in [4.69, 9.17) is 37.4 Å². The highest BCUT2D eigenvalue weighted by Gasteiger charge is 2.94. The number of hydrogen-bond acceptors (Lipinski definition) is 5. The third-order valence-electron chi connectivity index (χ3n) is 5.85. The lowest BCUT2D eigenvalue weighted by molar-refractivity contribution is -0.224. The van der Waals surface area contributed by atoms with Crippen LogP contribution in [0.2, 0.25) is 0 Å². The smallest absolute Gasteiger partial charge is 0.293 e. The van der Waals surface area contributed by atoms with E-state index >= 15 is 0 Å².